The molecule has 0 saturated carbocycles. The van der Waals surface area contributed by atoms with Crippen molar-refractivity contribution in [2.75, 3.05) is 4.90 Å². The van der Waals surface area contributed by atoms with Crippen LogP contribution in [-0.2, 0) is 11.3 Å². The van der Waals surface area contributed by atoms with E-state index in [0.717, 1.165) is 31.8 Å². The van der Waals surface area contributed by atoms with Crippen LogP contribution in [0.15, 0.2) is 64.7 Å². The second-order valence-electron chi connectivity index (χ2n) is 5.76. The number of amidine groups is 1. The summed E-state index contributed by atoms with van der Waals surface area (Å²) in [5, 5.41) is 2.17. The maximum atomic E-state index is 11.6. The summed E-state index contributed by atoms with van der Waals surface area (Å²) in [4.78, 5) is 23.9. The maximum Gasteiger partial charge on any atom is 0.171 e. The van der Waals surface area contributed by atoms with Crippen molar-refractivity contribution in [1.29, 1.82) is 0 Å². The summed E-state index contributed by atoms with van der Waals surface area (Å²) in [5.41, 5.74) is 1.76. The Hall–Kier alpha value is -1.86. The van der Waals surface area contributed by atoms with Crippen molar-refractivity contribution in [3.05, 3.63) is 74.5 Å². The van der Waals surface area contributed by atoms with Crippen molar-refractivity contribution < 1.29 is 4.79 Å². The number of anilines is 1. The normalized spacial score (nSPS) is 15.8. The van der Waals surface area contributed by atoms with Crippen molar-refractivity contribution in [2.24, 2.45) is 4.99 Å². The number of aromatic nitrogens is 1. The van der Waals surface area contributed by atoms with Gasteiger partial charge in [0.25, 0.3) is 0 Å². The van der Waals surface area contributed by atoms with Gasteiger partial charge in [-0.2, -0.15) is 0 Å². The van der Waals surface area contributed by atoms with Crippen LogP contribution in [0.2, 0.25) is 9.36 Å². The molecule has 136 valence electrons. The Bertz CT molecular complexity index is 1000. The molecule has 27 heavy (non-hydrogen) atoms. The molecule has 4 nitrogen and oxygen atoms in total. The van der Waals surface area contributed by atoms with Gasteiger partial charge in [-0.05, 0) is 54.2 Å². The number of halogens is 2. The van der Waals surface area contributed by atoms with Crippen molar-refractivity contribution >= 4 is 63.4 Å². The minimum Gasteiger partial charge on any atom is -0.316 e. The Morgan fingerprint density at radius 3 is 2.63 bits per heavy atom. The smallest absolute Gasteiger partial charge is 0.171 e. The number of nitrogens with zero attached hydrogens (tertiary/aromatic N) is 3. The number of carbonyl (C=O) groups is 1. The number of thioether (sulfide) groups is 1. The number of aldehydes is 1. The molecule has 1 unspecified atom stereocenters. The minimum absolute atomic E-state index is 0.563. The van der Waals surface area contributed by atoms with E-state index in [-0.39, 0.29) is 0 Å². The van der Waals surface area contributed by atoms with Crippen molar-refractivity contribution in [3.8, 4) is 0 Å². The number of benzene rings is 1. The predicted octanol–water partition coefficient (Wildman–Crippen LogP) is 5.86. The van der Waals surface area contributed by atoms with E-state index >= 15 is 0 Å². The van der Waals surface area contributed by atoms with Crippen LogP contribution in [0, 0.1) is 0 Å². The van der Waals surface area contributed by atoms with Gasteiger partial charge in [-0.25, -0.2) is 9.98 Å². The van der Waals surface area contributed by atoms with E-state index in [9.17, 15) is 4.79 Å². The molecule has 8 heteroatoms. The first-order valence-corrected chi connectivity index (χ1v) is 10.5. The first kappa shape index (κ1) is 18.5. The van der Waals surface area contributed by atoms with Crippen LogP contribution in [0.25, 0.3) is 0 Å². The van der Waals surface area contributed by atoms with E-state index < -0.39 is 6.04 Å². The van der Waals surface area contributed by atoms with Gasteiger partial charge in [0, 0.05) is 27.3 Å². The van der Waals surface area contributed by atoms with Gasteiger partial charge in [0.2, 0.25) is 0 Å². The lowest BCUT2D eigenvalue weighted by Crippen LogP contribution is -2.30. The molecular formula is C19H13Cl2N3OS2. The van der Waals surface area contributed by atoms with Crippen LogP contribution in [0.4, 0.5) is 5.69 Å². The van der Waals surface area contributed by atoms with Gasteiger partial charge in [-0.1, -0.05) is 29.3 Å². The number of pyridine rings is 1. The highest BCUT2D eigenvalue weighted by atomic mass is 35.5. The van der Waals surface area contributed by atoms with E-state index in [1.807, 2.05) is 48.5 Å². The molecule has 4 rings (SSSR count). The van der Waals surface area contributed by atoms with E-state index in [0.29, 0.717) is 16.7 Å². The maximum absolute atomic E-state index is 11.6. The van der Waals surface area contributed by atoms with Gasteiger partial charge in [-0.15, -0.1) is 11.3 Å². The highest BCUT2D eigenvalue weighted by molar-refractivity contribution is 8.14. The fourth-order valence-electron chi connectivity index (χ4n) is 2.73. The summed E-state index contributed by atoms with van der Waals surface area (Å²) in [6, 6.07) is 14.6. The molecule has 0 bridgehead atoms. The summed E-state index contributed by atoms with van der Waals surface area (Å²) in [5.74, 6) is 0. The van der Waals surface area contributed by atoms with Gasteiger partial charge in [0.15, 0.2) is 5.17 Å². The number of aliphatic imine (C=N–C) groups is 1. The monoisotopic (exact) mass is 433 g/mol. The van der Waals surface area contributed by atoms with E-state index in [1.54, 1.807) is 6.20 Å². The third kappa shape index (κ3) is 4.04. The third-order valence-electron chi connectivity index (χ3n) is 4.00. The Labute approximate surface area is 174 Å². The molecule has 0 radical (unpaired) electrons. The van der Waals surface area contributed by atoms with E-state index in [1.165, 1.54) is 23.1 Å². The molecule has 1 aliphatic heterocycles. The van der Waals surface area contributed by atoms with E-state index in [2.05, 4.69) is 14.9 Å². The molecule has 0 N–H and O–H groups in total. The number of fused-ring (bicyclic) bond motifs is 1. The number of hydrogen-bond acceptors (Lipinski definition) is 6. The summed E-state index contributed by atoms with van der Waals surface area (Å²) >= 11 is 15.1. The lowest BCUT2D eigenvalue weighted by atomic mass is 10.1. The number of hydrogen-bond donors (Lipinski definition) is 0. The Morgan fingerprint density at radius 1 is 1.11 bits per heavy atom. The molecule has 2 aromatic heterocycles. The molecular weight excluding hydrogens is 421 g/mol. The Kier molecular flexibility index (Phi) is 5.50. The van der Waals surface area contributed by atoms with Gasteiger partial charge >= 0.3 is 0 Å². The zero-order valence-corrected chi connectivity index (χ0v) is 17.0. The topological polar surface area (TPSA) is 45.6 Å². The van der Waals surface area contributed by atoms with Crippen LogP contribution >= 0.6 is 46.3 Å². The molecule has 0 fully saturated rings. The number of thiophene rings is 1. The predicted molar refractivity (Wildman–Crippen MR) is 113 cm³/mol. The second-order valence-corrected chi connectivity index (χ2v) is 8.95. The fraction of sp³-hybridized carbons (Fsp3) is 0.105. The van der Waals surface area contributed by atoms with Gasteiger partial charge in [0.1, 0.15) is 17.4 Å². The standard InChI is InChI=1S/C19H13Cl2N3OS2/c20-12-3-5-13(6-4-12)24(10-14-7-8-17(21)26-14)19-23-16(11-25)15-2-1-9-22-18(15)27-19/h1-9,11,16H,10H2. The summed E-state index contributed by atoms with van der Waals surface area (Å²) in [6.45, 7) is 0.582. The molecule has 1 atom stereocenters. The average Bonchev–Trinajstić information content (AvgIpc) is 3.11. The highest BCUT2D eigenvalue weighted by Crippen LogP contribution is 2.37. The Balaban J connectivity index is 1.74. The molecule has 0 spiro atoms. The van der Waals surface area contributed by atoms with Crippen molar-refractivity contribution in [3.63, 3.8) is 0 Å². The zero-order valence-electron chi connectivity index (χ0n) is 13.9. The summed E-state index contributed by atoms with van der Waals surface area (Å²) < 4.78 is 0.733. The molecule has 3 aromatic rings. The minimum atomic E-state index is -0.563. The van der Waals surface area contributed by atoms with Crippen molar-refractivity contribution in [1.82, 2.24) is 4.98 Å². The Morgan fingerprint density at radius 2 is 1.93 bits per heavy atom. The lowest BCUT2D eigenvalue weighted by molar-refractivity contribution is -0.109. The molecule has 1 aliphatic rings. The number of carbonyl (C=O) groups excluding carboxylic acids is 1. The third-order valence-corrected chi connectivity index (χ3v) is 6.51. The van der Waals surface area contributed by atoms with Crippen LogP contribution in [0.5, 0.6) is 0 Å². The van der Waals surface area contributed by atoms with Gasteiger partial charge in [-0.3, -0.25) is 0 Å². The first-order chi connectivity index (χ1) is 13.1. The summed E-state index contributed by atoms with van der Waals surface area (Å²) in [6.07, 6.45) is 2.57. The van der Waals surface area contributed by atoms with Crippen LogP contribution in [0.3, 0.4) is 0 Å². The summed E-state index contributed by atoms with van der Waals surface area (Å²) in [7, 11) is 0. The fourth-order valence-corrected chi connectivity index (χ4v) is 4.97. The quantitative estimate of drug-likeness (QED) is 0.483. The second kappa shape index (κ2) is 8.02. The molecule has 3 heterocycles. The first-order valence-electron chi connectivity index (χ1n) is 8.07. The number of rotatable bonds is 4. The largest absolute Gasteiger partial charge is 0.316 e. The van der Waals surface area contributed by atoms with Crippen LogP contribution in [-0.4, -0.2) is 16.4 Å². The molecule has 0 amide bonds. The van der Waals surface area contributed by atoms with Gasteiger partial charge in [0.05, 0.1) is 10.9 Å². The average molecular weight is 434 g/mol. The van der Waals surface area contributed by atoms with Gasteiger partial charge < -0.3 is 9.69 Å². The van der Waals surface area contributed by atoms with Crippen LogP contribution < -0.4 is 4.90 Å². The van der Waals surface area contributed by atoms with Crippen LogP contribution in [0.1, 0.15) is 16.5 Å². The SMILES string of the molecule is O=CC1N=C(N(Cc2ccc(Cl)s2)c2ccc(Cl)cc2)Sc2ncccc21. The zero-order chi connectivity index (χ0) is 18.8. The van der Waals surface area contributed by atoms with E-state index in [4.69, 9.17) is 23.2 Å². The molecule has 1 aromatic carbocycles. The van der Waals surface area contributed by atoms with Crippen molar-refractivity contribution in [2.45, 2.75) is 17.6 Å². The highest BCUT2D eigenvalue weighted by Gasteiger charge is 2.27. The lowest BCUT2D eigenvalue weighted by Gasteiger charge is -2.29. The molecule has 0 aliphatic carbocycles. The molecule has 0 saturated heterocycles.